The Balaban J connectivity index is 2.17. The van der Waals surface area contributed by atoms with Gasteiger partial charge in [-0.2, -0.15) is 0 Å². The van der Waals surface area contributed by atoms with E-state index >= 15 is 0 Å². The molecule has 114 valence electrons. The van der Waals surface area contributed by atoms with Gasteiger partial charge >= 0.3 is 0 Å². The van der Waals surface area contributed by atoms with Crippen LogP contribution in [0.5, 0.6) is 0 Å². The van der Waals surface area contributed by atoms with Crippen molar-refractivity contribution >= 4 is 45.2 Å². The zero-order valence-corrected chi connectivity index (χ0v) is 14.5. The summed E-state index contributed by atoms with van der Waals surface area (Å²) in [6.45, 7) is 4.00. The van der Waals surface area contributed by atoms with Crippen LogP contribution in [0.4, 0.5) is 5.69 Å². The third kappa shape index (κ3) is 3.43. The molecule has 2 amide bonds. The average molecular weight is 371 g/mol. The Morgan fingerprint density at radius 2 is 2.05 bits per heavy atom. The summed E-state index contributed by atoms with van der Waals surface area (Å²) in [4.78, 5) is 26.9. The predicted molar refractivity (Wildman–Crippen MR) is 89.0 cm³/mol. The average Bonchev–Trinajstić information content (AvgIpc) is 2.72. The summed E-state index contributed by atoms with van der Waals surface area (Å²) in [7, 11) is 0. The first-order chi connectivity index (χ1) is 9.97. The standard InChI is InChI=1S/C15H19BrN2O2S/c1-3-10(4-2)18-14(19)8-13(15(18)20)21-12-7-9(16)5-6-11(12)17/h5-7,10,13H,3-4,8,17H2,1-2H3. The molecule has 1 heterocycles. The first kappa shape index (κ1) is 16.4. The summed E-state index contributed by atoms with van der Waals surface area (Å²) in [6.07, 6.45) is 1.85. The van der Waals surface area contributed by atoms with E-state index in [9.17, 15) is 9.59 Å². The van der Waals surface area contributed by atoms with Gasteiger partial charge in [0.2, 0.25) is 11.8 Å². The number of benzene rings is 1. The maximum absolute atomic E-state index is 12.5. The van der Waals surface area contributed by atoms with Crippen LogP contribution < -0.4 is 5.73 Å². The van der Waals surface area contributed by atoms with Crippen molar-refractivity contribution in [2.75, 3.05) is 5.73 Å². The van der Waals surface area contributed by atoms with E-state index in [4.69, 9.17) is 5.73 Å². The summed E-state index contributed by atoms with van der Waals surface area (Å²) in [5.74, 6) is -0.155. The molecular formula is C15H19BrN2O2S. The maximum Gasteiger partial charge on any atom is 0.243 e. The number of amides is 2. The highest BCUT2D eigenvalue weighted by Crippen LogP contribution is 2.37. The normalized spacial score (nSPS) is 18.9. The fourth-order valence-electron chi connectivity index (χ4n) is 2.52. The number of anilines is 1. The number of likely N-dealkylation sites (tertiary alicyclic amines) is 1. The van der Waals surface area contributed by atoms with Crippen molar-refractivity contribution in [1.82, 2.24) is 4.90 Å². The summed E-state index contributed by atoms with van der Waals surface area (Å²) in [5.41, 5.74) is 6.57. The van der Waals surface area contributed by atoms with Crippen molar-refractivity contribution in [1.29, 1.82) is 0 Å². The quantitative estimate of drug-likeness (QED) is 0.636. The Bertz CT molecular complexity index is 561. The number of halogens is 1. The van der Waals surface area contributed by atoms with E-state index in [1.165, 1.54) is 16.7 Å². The zero-order chi connectivity index (χ0) is 15.6. The number of nitrogens with zero attached hydrogens (tertiary/aromatic N) is 1. The number of carbonyl (C=O) groups excluding carboxylic acids is 2. The molecule has 1 aromatic rings. The number of hydrogen-bond acceptors (Lipinski definition) is 4. The highest BCUT2D eigenvalue weighted by atomic mass is 79.9. The topological polar surface area (TPSA) is 63.4 Å². The van der Waals surface area contributed by atoms with E-state index in [-0.39, 0.29) is 29.5 Å². The molecule has 0 aliphatic carbocycles. The molecule has 0 spiro atoms. The maximum atomic E-state index is 12.5. The number of carbonyl (C=O) groups is 2. The van der Waals surface area contributed by atoms with Gasteiger partial charge in [-0.25, -0.2) is 0 Å². The molecule has 1 aliphatic heterocycles. The van der Waals surface area contributed by atoms with Crippen LogP contribution in [0.25, 0.3) is 0 Å². The van der Waals surface area contributed by atoms with Crippen LogP contribution in [0.3, 0.4) is 0 Å². The minimum atomic E-state index is -0.366. The summed E-state index contributed by atoms with van der Waals surface area (Å²) in [6, 6.07) is 5.55. The second kappa shape index (κ2) is 6.83. The Labute approximate surface area is 137 Å². The fourth-order valence-corrected chi connectivity index (χ4v) is 4.17. The van der Waals surface area contributed by atoms with Crippen molar-refractivity contribution in [2.24, 2.45) is 0 Å². The first-order valence-electron chi connectivity index (χ1n) is 7.05. The molecule has 1 fully saturated rings. The molecule has 1 aromatic carbocycles. The molecule has 1 unspecified atom stereocenters. The minimum absolute atomic E-state index is 0.00968. The molecule has 0 radical (unpaired) electrons. The molecule has 21 heavy (non-hydrogen) atoms. The lowest BCUT2D eigenvalue weighted by Crippen LogP contribution is -2.40. The lowest BCUT2D eigenvalue weighted by atomic mass is 10.1. The SMILES string of the molecule is CCC(CC)N1C(=O)CC(Sc2cc(Br)ccc2N)C1=O. The lowest BCUT2D eigenvalue weighted by molar-refractivity contribution is -0.141. The summed E-state index contributed by atoms with van der Waals surface area (Å²) >= 11 is 4.78. The molecule has 2 N–H and O–H groups in total. The Kier molecular flexibility index (Phi) is 5.32. The van der Waals surface area contributed by atoms with Crippen molar-refractivity contribution < 1.29 is 9.59 Å². The second-order valence-electron chi connectivity index (χ2n) is 5.07. The van der Waals surface area contributed by atoms with Crippen molar-refractivity contribution in [3.8, 4) is 0 Å². The van der Waals surface area contributed by atoms with Gasteiger partial charge in [-0.05, 0) is 31.0 Å². The van der Waals surface area contributed by atoms with E-state index in [1.807, 2.05) is 26.0 Å². The van der Waals surface area contributed by atoms with E-state index < -0.39 is 0 Å². The van der Waals surface area contributed by atoms with Gasteiger partial charge in [-0.1, -0.05) is 29.8 Å². The molecule has 1 atom stereocenters. The van der Waals surface area contributed by atoms with Crippen LogP contribution in [0.2, 0.25) is 0 Å². The number of nitrogen functional groups attached to an aromatic ring is 1. The summed E-state index contributed by atoms with van der Waals surface area (Å²) in [5, 5.41) is -0.366. The van der Waals surface area contributed by atoms with Gasteiger partial charge in [0.25, 0.3) is 0 Å². The third-order valence-corrected chi connectivity index (χ3v) is 5.45. The predicted octanol–water partition coefficient (Wildman–Crippen LogP) is 3.44. The molecule has 1 aliphatic rings. The lowest BCUT2D eigenvalue weighted by Gasteiger charge is -2.24. The number of hydrogen-bond donors (Lipinski definition) is 1. The highest BCUT2D eigenvalue weighted by molar-refractivity contribution is 9.10. The van der Waals surface area contributed by atoms with Crippen LogP contribution in [0.15, 0.2) is 27.6 Å². The van der Waals surface area contributed by atoms with Crippen LogP contribution >= 0.6 is 27.7 Å². The molecule has 2 rings (SSSR count). The second-order valence-corrected chi connectivity index (χ2v) is 7.23. The van der Waals surface area contributed by atoms with Crippen molar-refractivity contribution in [2.45, 2.75) is 49.3 Å². The first-order valence-corrected chi connectivity index (χ1v) is 8.72. The monoisotopic (exact) mass is 370 g/mol. The largest absolute Gasteiger partial charge is 0.398 e. The Morgan fingerprint density at radius 3 is 2.67 bits per heavy atom. The van der Waals surface area contributed by atoms with Gasteiger partial charge in [0.05, 0.1) is 5.25 Å². The van der Waals surface area contributed by atoms with Gasteiger partial charge in [0.15, 0.2) is 0 Å². The van der Waals surface area contributed by atoms with Gasteiger partial charge < -0.3 is 5.73 Å². The van der Waals surface area contributed by atoms with E-state index in [0.29, 0.717) is 5.69 Å². The Hall–Kier alpha value is -1.01. The number of rotatable bonds is 5. The third-order valence-electron chi connectivity index (χ3n) is 3.69. The van der Waals surface area contributed by atoms with E-state index in [2.05, 4.69) is 15.9 Å². The van der Waals surface area contributed by atoms with Crippen LogP contribution in [0, 0.1) is 0 Å². The van der Waals surface area contributed by atoms with Crippen molar-refractivity contribution in [3.63, 3.8) is 0 Å². The van der Waals surface area contributed by atoms with Gasteiger partial charge in [0, 0.05) is 27.5 Å². The number of imide groups is 1. The number of nitrogens with two attached hydrogens (primary N) is 1. The fraction of sp³-hybridized carbons (Fsp3) is 0.467. The minimum Gasteiger partial charge on any atom is -0.398 e. The zero-order valence-electron chi connectivity index (χ0n) is 12.1. The Morgan fingerprint density at radius 1 is 1.38 bits per heavy atom. The smallest absolute Gasteiger partial charge is 0.243 e. The van der Waals surface area contributed by atoms with E-state index in [0.717, 1.165) is 22.2 Å². The van der Waals surface area contributed by atoms with Crippen molar-refractivity contribution in [3.05, 3.63) is 22.7 Å². The molecular weight excluding hydrogens is 352 g/mol. The van der Waals surface area contributed by atoms with Gasteiger partial charge in [-0.3, -0.25) is 14.5 Å². The molecule has 0 saturated carbocycles. The molecule has 1 saturated heterocycles. The molecule has 0 bridgehead atoms. The van der Waals surface area contributed by atoms with Gasteiger partial charge in [0.1, 0.15) is 0 Å². The van der Waals surface area contributed by atoms with Crippen LogP contribution in [0.1, 0.15) is 33.1 Å². The number of thioether (sulfide) groups is 1. The van der Waals surface area contributed by atoms with Crippen LogP contribution in [-0.4, -0.2) is 28.0 Å². The van der Waals surface area contributed by atoms with Gasteiger partial charge in [-0.15, -0.1) is 11.8 Å². The van der Waals surface area contributed by atoms with Crippen LogP contribution in [-0.2, 0) is 9.59 Å². The highest BCUT2D eigenvalue weighted by Gasteiger charge is 2.41. The molecule has 6 heteroatoms. The van der Waals surface area contributed by atoms with E-state index in [1.54, 1.807) is 6.07 Å². The summed E-state index contributed by atoms with van der Waals surface area (Å²) < 4.78 is 0.910. The molecule has 0 aromatic heterocycles. The molecule has 4 nitrogen and oxygen atoms in total.